The van der Waals surface area contributed by atoms with Crippen molar-refractivity contribution < 1.29 is 0 Å². The standard InChI is InChI=1S/C14H22N2S/c1-2-14-7-11-16(13-14)17-12-6-10-15-8-4-3-5-9-15/h2,14H,1,3-5,7-11,13H2. The van der Waals surface area contributed by atoms with Crippen LogP contribution in [0.4, 0.5) is 0 Å². The summed E-state index contributed by atoms with van der Waals surface area (Å²) in [5.41, 5.74) is 0. The second-order valence-corrected chi connectivity index (χ2v) is 5.78. The Kier molecular flexibility index (Phi) is 5.44. The molecule has 94 valence electrons. The SMILES string of the molecule is C=CC1CCN(SC#CCN2CCCCC2)C1. The Labute approximate surface area is 110 Å². The smallest absolute Gasteiger partial charge is 0.0611 e. The van der Waals surface area contributed by atoms with E-state index >= 15 is 0 Å². The van der Waals surface area contributed by atoms with Crippen molar-refractivity contribution in [3.8, 4) is 11.2 Å². The second-order valence-electron chi connectivity index (χ2n) is 4.88. The van der Waals surface area contributed by atoms with Crippen LogP contribution in [0.5, 0.6) is 0 Å². The number of hydrogen-bond donors (Lipinski definition) is 0. The Hall–Kier alpha value is -0.430. The van der Waals surface area contributed by atoms with Gasteiger partial charge in [0, 0.05) is 25.0 Å². The van der Waals surface area contributed by atoms with Crippen LogP contribution >= 0.6 is 11.9 Å². The summed E-state index contributed by atoms with van der Waals surface area (Å²) < 4.78 is 2.36. The quantitative estimate of drug-likeness (QED) is 0.432. The molecule has 0 spiro atoms. The summed E-state index contributed by atoms with van der Waals surface area (Å²) in [6, 6.07) is 0. The molecule has 2 fully saturated rings. The van der Waals surface area contributed by atoms with Gasteiger partial charge in [0.2, 0.25) is 0 Å². The summed E-state index contributed by atoms with van der Waals surface area (Å²) in [6.07, 6.45) is 7.41. The van der Waals surface area contributed by atoms with Crippen LogP contribution < -0.4 is 0 Å². The molecule has 1 atom stereocenters. The minimum atomic E-state index is 0.673. The zero-order valence-corrected chi connectivity index (χ0v) is 11.3. The van der Waals surface area contributed by atoms with Gasteiger partial charge >= 0.3 is 0 Å². The maximum absolute atomic E-state index is 3.86. The van der Waals surface area contributed by atoms with Crippen molar-refractivity contribution in [3.63, 3.8) is 0 Å². The first-order chi connectivity index (χ1) is 8.38. The normalized spacial score (nSPS) is 26.5. The molecule has 0 amide bonds. The van der Waals surface area contributed by atoms with E-state index in [0.29, 0.717) is 5.92 Å². The van der Waals surface area contributed by atoms with Crippen LogP contribution in [0.1, 0.15) is 25.7 Å². The summed E-state index contributed by atoms with van der Waals surface area (Å²) in [6.45, 7) is 9.55. The highest BCUT2D eigenvalue weighted by Crippen LogP contribution is 2.22. The Bertz CT molecular complexity index is 299. The molecule has 1 unspecified atom stereocenters. The highest BCUT2D eigenvalue weighted by atomic mass is 32.2. The van der Waals surface area contributed by atoms with Gasteiger partial charge in [-0.05, 0) is 43.5 Å². The van der Waals surface area contributed by atoms with Crippen molar-refractivity contribution >= 4 is 11.9 Å². The van der Waals surface area contributed by atoms with E-state index in [1.807, 2.05) is 0 Å². The molecule has 0 N–H and O–H groups in total. The molecule has 2 nitrogen and oxygen atoms in total. The van der Waals surface area contributed by atoms with Crippen LogP contribution in [-0.4, -0.2) is 41.9 Å². The molecule has 0 aromatic heterocycles. The number of hydrogen-bond acceptors (Lipinski definition) is 3. The fourth-order valence-corrected chi connectivity index (χ4v) is 3.11. The number of likely N-dealkylation sites (tertiary alicyclic amines) is 1. The molecular formula is C14H22N2S. The first-order valence-electron chi connectivity index (χ1n) is 6.63. The first kappa shape index (κ1) is 13.0. The summed E-state index contributed by atoms with van der Waals surface area (Å²) >= 11 is 1.69. The van der Waals surface area contributed by atoms with Gasteiger partial charge in [-0.1, -0.05) is 18.4 Å². The average molecular weight is 250 g/mol. The monoisotopic (exact) mass is 250 g/mol. The van der Waals surface area contributed by atoms with Gasteiger partial charge < -0.3 is 0 Å². The van der Waals surface area contributed by atoms with Crippen molar-refractivity contribution in [2.75, 3.05) is 32.7 Å². The van der Waals surface area contributed by atoms with E-state index in [-0.39, 0.29) is 0 Å². The van der Waals surface area contributed by atoms with Gasteiger partial charge in [0.15, 0.2) is 0 Å². The van der Waals surface area contributed by atoms with Gasteiger partial charge in [-0.25, -0.2) is 4.31 Å². The molecule has 2 rings (SSSR count). The summed E-state index contributed by atoms with van der Waals surface area (Å²) in [5.74, 6) is 3.96. The molecule has 0 radical (unpaired) electrons. The molecule has 0 bridgehead atoms. The molecular weight excluding hydrogens is 228 g/mol. The van der Waals surface area contributed by atoms with Crippen molar-refractivity contribution in [3.05, 3.63) is 12.7 Å². The van der Waals surface area contributed by atoms with E-state index in [2.05, 4.69) is 33.0 Å². The highest BCUT2D eigenvalue weighted by Gasteiger charge is 2.19. The molecule has 0 aromatic carbocycles. The highest BCUT2D eigenvalue weighted by molar-refractivity contribution is 8.01. The van der Waals surface area contributed by atoms with Gasteiger partial charge in [-0.15, -0.1) is 6.58 Å². The van der Waals surface area contributed by atoms with Crippen molar-refractivity contribution in [2.24, 2.45) is 5.92 Å². The van der Waals surface area contributed by atoms with Gasteiger partial charge in [-0.2, -0.15) is 0 Å². The predicted molar refractivity (Wildman–Crippen MR) is 75.5 cm³/mol. The van der Waals surface area contributed by atoms with Gasteiger partial charge in [0.25, 0.3) is 0 Å². The van der Waals surface area contributed by atoms with E-state index in [9.17, 15) is 0 Å². The zero-order valence-electron chi connectivity index (χ0n) is 10.5. The lowest BCUT2D eigenvalue weighted by molar-refractivity contribution is 0.255. The minimum absolute atomic E-state index is 0.673. The second kappa shape index (κ2) is 7.10. The number of piperidine rings is 1. The number of rotatable bonds is 3. The third-order valence-electron chi connectivity index (χ3n) is 3.52. The van der Waals surface area contributed by atoms with E-state index in [1.165, 1.54) is 38.8 Å². The fourth-order valence-electron chi connectivity index (χ4n) is 2.39. The molecule has 2 saturated heterocycles. The van der Waals surface area contributed by atoms with Crippen molar-refractivity contribution in [2.45, 2.75) is 25.7 Å². The lowest BCUT2D eigenvalue weighted by Gasteiger charge is -2.23. The third-order valence-corrected chi connectivity index (χ3v) is 4.34. The van der Waals surface area contributed by atoms with Gasteiger partial charge in [0.1, 0.15) is 0 Å². The van der Waals surface area contributed by atoms with Crippen molar-refractivity contribution in [1.82, 2.24) is 9.21 Å². The summed E-state index contributed by atoms with van der Waals surface area (Å²) in [4.78, 5) is 2.47. The van der Waals surface area contributed by atoms with Crippen LogP contribution in [0.2, 0.25) is 0 Å². The van der Waals surface area contributed by atoms with Crippen LogP contribution in [0, 0.1) is 17.1 Å². The van der Waals surface area contributed by atoms with Crippen LogP contribution in [-0.2, 0) is 0 Å². The summed E-state index contributed by atoms with van der Waals surface area (Å²) in [7, 11) is 0. The zero-order chi connectivity index (χ0) is 11.9. The molecule has 2 aliphatic rings. The van der Waals surface area contributed by atoms with E-state index in [4.69, 9.17) is 0 Å². The Morgan fingerprint density at radius 1 is 1.24 bits per heavy atom. The molecule has 3 heteroatoms. The Morgan fingerprint density at radius 3 is 2.76 bits per heavy atom. The maximum Gasteiger partial charge on any atom is 0.0611 e. The molecule has 0 saturated carbocycles. The third kappa shape index (κ3) is 4.39. The Morgan fingerprint density at radius 2 is 2.06 bits per heavy atom. The van der Waals surface area contributed by atoms with E-state index in [1.54, 1.807) is 11.9 Å². The van der Waals surface area contributed by atoms with E-state index < -0.39 is 0 Å². The maximum atomic E-state index is 3.86. The largest absolute Gasteiger partial charge is 0.292 e. The van der Waals surface area contributed by atoms with Crippen LogP contribution in [0.15, 0.2) is 12.7 Å². The Balaban J connectivity index is 1.63. The number of nitrogens with zero attached hydrogens (tertiary/aromatic N) is 2. The van der Waals surface area contributed by atoms with Gasteiger partial charge in [0.05, 0.1) is 6.54 Å². The van der Waals surface area contributed by atoms with Gasteiger partial charge in [-0.3, -0.25) is 4.90 Å². The molecule has 0 aliphatic carbocycles. The molecule has 0 aromatic rings. The van der Waals surface area contributed by atoms with Crippen molar-refractivity contribution in [1.29, 1.82) is 0 Å². The minimum Gasteiger partial charge on any atom is -0.292 e. The summed E-state index contributed by atoms with van der Waals surface area (Å²) in [5, 5.41) is 3.24. The molecule has 2 heterocycles. The first-order valence-corrected chi connectivity index (χ1v) is 7.40. The lowest BCUT2D eigenvalue weighted by Crippen LogP contribution is -2.29. The molecule has 17 heavy (non-hydrogen) atoms. The topological polar surface area (TPSA) is 6.48 Å². The molecule has 2 aliphatic heterocycles. The predicted octanol–water partition coefficient (Wildman–Crippen LogP) is 2.59. The van der Waals surface area contributed by atoms with E-state index in [0.717, 1.165) is 19.6 Å². The van der Waals surface area contributed by atoms with Crippen LogP contribution in [0.3, 0.4) is 0 Å². The average Bonchev–Trinajstić information content (AvgIpc) is 2.84. The van der Waals surface area contributed by atoms with Crippen LogP contribution in [0.25, 0.3) is 0 Å². The fraction of sp³-hybridized carbons (Fsp3) is 0.714. The lowest BCUT2D eigenvalue weighted by atomic mass is 10.1.